The molecule has 0 saturated carbocycles. The molecule has 0 unspecified atom stereocenters. The average Bonchev–Trinajstić information content (AvgIpc) is 2.96. The van der Waals surface area contributed by atoms with E-state index in [1.165, 1.54) is 10.1 Å². The number of benzene rings is 2. The highest BCUT2D eigenvalue weighted by Gasteiger charge is 2.34. The topological polar surface area (TPSA) is 53.6 Å². The molecule has 4 rings (SSSR count). The normalized spacial score (nSPS) is 16.8. The molecule has 0 amide bonds. The van der Waals surface area contributed by atoms with E-state index < -0.39 is 0 Å². The lowest BCUT2D eigenvalue weighted by molar-refractivity contribution is -0.0948. The first kappa shape index (κ1) is 17.4. The molecular weight excluding hydrogens is 350 g/mol. The first-order valence-electron chi connectivity index (χ1n) is 8.62. The van der Waals surface area contributed by atoms with Gasteiger partial charge in [0.05, 0.1) is 11.1 Å². The van der Waals surface area contributed by atoms with Crippen molar-refractivity contribution in [1.29, 1.82) is 0 Å². The Labute approximate surface area is 155 Å². The lowest BCUT2D eigenvalue weighted by atomic mass is 9.86. The summed E-state index contributed by atoms with van der Waals surface area (Å²) in [4.78, 5) is 13.8. The fraction of sp³-hybridized carbons (Fsp3) is 0.350. The van der Waals surface area contributed by atoms with E-state index in [2.05, 4.69) is 24.3 Å². The Hall–Kier alpha value is -2.02. The van der Waals surface area contributed by atoms with Gasteiger partial charge in [-0.1, -0.05) is 23.9 Å². The van der Waals surface area contributed by atoms with Gasteiger partial charge in [-0.15, -0.1) is 0 Å². The second-order valence-corrected chi connectivity index (χ2v) is 7.64. The van der Waals surface area contributed by atoms with Crippen LogP contribution in [0.25, 0.3) is 11.1 Å². The molecule has 26 heavy (non-hydrogen) atoms. The maximum absolute atomic E-state index is 11.7. The van der Waals surface area contributed by atoms with Crippen molar-refractivity contribution in [3.8, 4) is 0 Å². The fourth-order valence-corrected chi connectivity index (χ4v) is 4.38. The van der Waals surface area contributed by atoms with Crippen molar-refractivity contribution >= 4 is 22.9 Å². The molecule has 0 bridgehead atoms. The van der Waals surface area contributed by atoms with Crippen LogP contribution in [0.4, 0.5) is 0 Å². The number of hydrogen-bond donors (Lipinski definition) is 0. The minimum atomic E-state index is -0.342. The van der Waals surface area contributed by atoms with E-state index in [9.17, 15) is 4.79 Å². The minimum absolute atomic E-state index is 0.273. The zero-order valence-corrected chi connectivity index (χ0v) is 15.7. The van der Waals surface area contributed by atoms with Crippen LogP contribution in [0.5, 0.6) is 0 Å². The smallest absolute Gasteiger partial charge is 0.408 e. The summed E-state index contributed by atoms with van der Waals surface area (Å²) >= 11 is 1.65. The molecule has 1 aromatic heterocycles. The summed E-state index contributed by atoms with van der Waals surface area (Å²) in [5.41, 5.74) is 2.32. The summed E-state index contributed by atoms with van der Waals surface area (Å²) in [7, 11) is 3.49. The van der Waals surface area contributed by atoms with Crippen LogP contribution in [0.1, 0.15) is 18.4 Å². The highest BCUT2D eigenvalue weighted by molar-refractivity contribution is 7.99. The first-order valence-corrected chi connectivity index (χ1v) is 9.44. The highest BCUT2D eigenvalue weighted by Crippen LogP contribution is 2.38. The summed E-state index contributed by atoms with van der Waals surface area (Å²) < 4.78 is 18.2. The molecule has 0 aliphatic carbocycles. The van der Waals surface area contributed by atoms with Gasteiger partial charge in [-0.25, -0.2) is 4.79 Å². The monoisotopic (exact) mass is 371 g/mol. The van der Waals surface area contributed by atoms with Gasteiger partial charge in [0.2, 0.25) is 0 Å². The predicted octanol–water partition coefficient (Wildman–Crippen LogP) is 3.93. The molecule has 1 fully saturated rings. The fourth-order valence-electron chi connectivity index (χ4n) is 3.47. The summed E-state index contributed by atoms with van der Waals surface area (Å²) in [6, 6.07) is 14.3. The number of hydrogen-bond acceptors (Lipinski definition) is 5. The van der Waals surface area contributed by atoms with Gasteiger partial charge in [0.25, 0.3) is 0 Å². The van der Waals surface area contributed by atoms with Crippen LogP contribution in [0, 0.1) is 0 Å². The van der Waals surface area contributed by atoms with Crippen molar-refractivity contribution in [1.82, 2.24) is 4.57 Å². The molecule has 5 nitrogen and oxygen atoms in total. The van der Waals surface area contributed by atoms with E-state index in [4.69, 9.17) is 13.9 Å². The molecule has 1 aliphatic heterocycles. The third kappa shape index (κ3) is 3.09. The molecule has 0 atom stereocenters. The summed E-state index contributed by atoms with van der Waals surface area (Å²) in [5, 5.41) is 0. The molecule has 2 heterocycles. The number of aromatic nitrogens is 1. The first-order chi connectivity index (χ1) is 12.6. The van der Waals surface area contributed by atoms with Gasteiger partial charge < -0.3 is 13.9 Å². The molecular formula is C20H21NO4S. The van der Waals surface area contributed by atoms with Gasteiger partial charge >= 0.3 is 5.76 Å². The molecule has 0 spiro atoms. The van der Waals surface area contributed by atoms with E-state index in [0.29, 0.717) is 5.58 Å². The number of oxazole rings is 1. The predicted molar refractivity (Wildman–Crippen MR) is 101 cm³/mol. The molecule has 1 saturated heterocycles. The third-order valence-electron chi connectivity index (χ3n) is 5.05. The van der Waals surface area contributed by atoms with Gasteiger partial charge in [-0.3, -0.25) is 4.57 Å². The number of rotatable bonds is 4. The van der Waals surface area contributed by atoms with Gasteiger partial charge in [0.15, 0.2) is 5.58 Å². The Morgan fingerprint density at radius 1 is 1.12 bits per heavy atom. The van der Waals surface area contributed by atoms with E-state index in [1.54, 1.807) is 25.9 Å². The Morgan fingerprint density at radius 3 is 2.65 bits per heavy atom. The van der Waals surface area contributed by atoms with Crippen molar-refractivity contribution in [3.63, 3.8) is 0 Å². The van der Waals surface area contributed by atoms with Gasteiger partial charge in [-0.05, 0) is 35.9 Å². The zero-order chi connectivity index (χ0) is 18.1. The number of fused-ring (bicyclic) bond motifs is 1. The molecule has 0 radical (unpaired) electrons. The largest absolute Gasteiger partial charge is 0.419 e. The molecule has 0 N–H and O–H groups in total. The SMILES string of the molecule is COC1(c2cccc(Sc3ccc4c(c3)oc(=O)n4C)c2)CCOCC1. The molecule has 6 heteroatoms. The number of ether oxygens (including phenoxy) is 2. The van der Waals surface area contributed by atoms with Crippen LogP contribution in [-0.2, 0) is 22.1 Å². The second-order valence-electron chi connectivity index (χ2n) is 6.50. The van der Waals surface area contributed by atoms with E-state index in [1.807, 2.05) is 18.2 Å². The maximum atomic E-state index is 11.7. The number of aryl methyl sites for hydroxylation is 1. The lowest BCUT2D eigenvalue weighted by Gasteiger charge is -2.36. The van der Waals surface area contributed by atoms with E-state index in [-0.39, 0.29) is 11.4 Å². The van der Waals surface area contributed by atoms with Gasteiger partial charge in [-0.2, -0.15) is 0 Å². The molecule has 2 aromatic carbocycles. The molecule has 136 valence electrons. The highest BCUT2D eigenvalue weighted by atomic mass is 32.2. The standard InChI is InChI=1S/C20H21NO4S/c1-21-17-7-6-16(13-18(17)25-19(21)22)26-15-5-3-4-14(12-15)20(23-2)8-10-24-11-9-20/h3-7,12-13H,8-11H2,1-2H3. The van der Waals surface area contributed by atoms with Gasteiger partial charge in [0.1, 0.15) is 0 Å². The van der Waals surface area contributed by atoms with Crippen molar-refractivity contribution < 1.29 is 13.9 Å². The molecule has 1 aliphatic rings. The Bertz CT molecular complexity index is 985. The lowest BCUT2D eigenvalue weighted by Crippen LogP contribution is -2.35. The minimum Gasteiger partial charge on any atom is -0.408 e. The number of nitrogens with zero attached hydrogens (tertiary/aromatic N) is 1. The second kappa shape index (κ2) is 6.95. The van der Waals surface area contributed by atoms with E-state index >= 15 is 0 Å². The Balaban J connectivity index is 1.64. The summed E-state index contributed by atoms with van der Waals surface area (Å²) in [5.74, 6) is -0.342. The van der Waals surface area contributed by atoms with Crippen LogP contribution in [-0.4, -0.2) is 24.9 Å². The average molecular weight is 371 g/mol. The van der Waals surface area contributed by atoms with Crippen LogP contribution < -0.4 is 5.76 Å². The summed E-state index contributed by atoms with van der Waals surface area (Å²) in [6.45, 7) is 1.43. The van der Waals surface area contributed by atoms with Crippen LogP contribution >= 0.6 is 11.8 Å². The Kier molecular flexibility index (Phi) is 4.65. The summed E-state index contributed by atoms with van der Waals surface area (Å²) in [6.07, 6.45) is 1.72. The van der Waals surface area contributed by atoms with Crippen LogP contribution in [0.3, 0.4) is 0 Å². The third-order valence-corrected chi connectivity index (χ3v) is 6.03. The van der Waals surface area contributed by atoms with Crippen LogP contribution in [0.15, 0.2) is 61.5 Å². The van der Waals surface area contributed by atoms with Crippen LogP contribution in [0.2, 0.25) is 0 Å². The van der Waals surface area contributed by atoms with Crippen molar-refractivity contribution in [3.05, 3.63) is 58.6 Å². The van der Waals surface area contributed by atoms with E-state index in [0.717, 1.165) is 41.4 Å². The van der Waals surface area contributed by atoms with Crippen molar-refractivity contribution in [2.24, 2.45) is 7.05 Å². The quantitative estimate of drug-likeness (QED) is 0.695. The number of methoxy groups -OCH3 is 1. The Morgan fingerprint density at radius 2 is 1.88 bits per heavy atom. The zero-order valence-electron chi connectivity index (χ0n) is 14.9. The van der Waals surface area contributed by atoms with Gasteiger partial charge in [0, 0.05) is 50.0 Å². The maximum Gasteiger partial charge on any atom is 0.419 e. The molecule has 3 aromatic rings. The van der Waals surface area contributed by atoms with Crippen molar-refractivity contribution in [2.75, 3.05) is 20.3 Å². The van der Waals surface area contributed by atoms with Crippen molar-refractivity contribution in [2.45, 2.75) is 28.2 Å².